The van der Waals surface area contributed by atoms with Crippen LogP contribution in [0.4, 0.5) is 4.79 Å². The molecule has 4 nitrogen and oxygen atoms in total. The minimum Gasteiger partial charge on any atom is -0.351 e. The van der Waals surface area contributed by atoms with E-state index in [0.717, 1.165) is 4.90 Å². The number of primary amides is 1. The topological polar surface area (TPSA) is 72.2 Å². The van der Waals surface area contributed by atoms with Gasteiger partial charge in [-0.2, -0.15) is 0 Å². The fraction of sp³-hybridized carbons (Fsp3) is 0.200. The molecule has 0 heterocycles. The molecule has 0 saturated heterocycles. The first kappa shape index (κ1) is 12.9. The lowest BCUT2D eigenvalue weighted by Gasteiger charge is -2.09. The Bertz CT molecular complexity index is 412. The van der Waals surface area contributed by atoms with Crippen LogP contribution in [-0.2, 0) is 4.79 Å². The van der Waals surface area contributed by atoms with Crippen molar-refractivity contribution < 1.29 is 9.59 Å². The van der Waals surface area contributed by atoms with Crippen LogP contribution in [0.15, 0.2) is 29.2 Å². The van der Waals surface area contributed by atoms with E-state index in [4.69, 9.17) is 17.3 Å². The van der Waals surface area contributed by atoms with Gasteiger partial charge >= 0.3 is 6.03 Å². The van der Waals surface area contributed by atoms with Crippen LogP contribution >= 0.6 is 23.4 Å². The van der Waals surface area contributed by atoms with Gasteiger partial charge in [-0.05, 0) is 25.1 Å². The number of nitrogens with one attached hydrogen (secondary N) is 1. The summed E-state index contributed by atoms with van der Waals surface area (Å²) in [5.41, 5.74) is 4.85. The average molecular weight is 259 g/mol. The Balaban J connectivity index is 2.60. The standard InChI is InChI=1S/C10H11ClN2O2S/c1-6(9(14)13-10(12)15)16-8-4-2-3-7(11)5-8/h2-6H,1H3,(H3,12,13,14,15). The molecule has 16 heavy (non-hydrogen) atoms. The molecule has 0 fully saturated rings. The largest absolute Gasteiger partial charge is 0.351 e. The third kappa shape index (κ3) is 4.12. The van der Waals surface area contributed by atoms with E-state index in [1.807, 2.05) is 11.4 Å². The van der Waals surface area contributed by atoms with E-state index in [0.29, 0.717) is 5.02 Å². The van der Waals surface area contributed by atoms with E-state index in [9.17, 15) is 9.59 Å². The van der Waals surface area contributed by atoms with Crippen LogP contribution in [0.1, 0.15) is 6.92 Å². The van der Waals surface area contributed by atoms with Crippen molar-refractivity contribution >= 4 is 35.3 Å². The SMILES string of the molecule is CC(Sc1cccc(Cl)c1)C(=O)NC(N)=O. The van der Waals surface area contributed by atoms with Gasteiger partial charge in [-0.3, -0.25) is 10.1 Å². The maximum absolute atomic E-state index is 11.4. The lowest BCUT2D eigenvalue weighted by Crippen LogP contribution is -2.39. The zero-order chi connectivity index (χ0) is 12.1. The van der Waals surface area contributed by atoms with Gasteiger partial charge in [-0.1, -0.05) is 17.7 Å². The molecule has 0 bridgehead atoms. The molecule has 0 spiro atoms. The molecule has 0 aliphatic heterocycles. The van der Waals surface area contributed by atoms with Crippen molar-refractivity contribution in [1.29, 1.82) is 0 Å². The highest BCUT2D eigenvalue weighted by atomic mass is 35.5. The Labute approximate surface area is 103 Å². The maximum atomic E-state index is 11.4. The minimum absolute atomic E-state index is 0.411. The number of rotatable bonds is 3. The van der Waals surface area contributed by atoms with Crippen LogP contribution in [0.5, 0.6) is 0 Å². The summed E-state index contributed by atoms with van der Waals surface area (Å²) in [5.74, 6) is -0.419. The van der Waals surface area contributed by atoms with Crippen LogP contribution in [0, 0.1) is 0 Å². The van der Waals surface area contributed by atoms with Crippen molar-refractivity contribution in [3.8, 4) is 0 Å². The smallest absolute Gasteiger partial charge is 0.318 e. The molecule has 1 rings (SSSR count). The van der Waals surface area contributed by atoms with Crippen LogP contribution < -0.4 is 11.1 Å². The molecule has 3 N–H and O–H groups in total. The monoisotopic (exact) mass is 258 g/mol. The zero-order valence-corrected chi connectivity index (χ0v) is 10.1. The number of halogens is 1. The molecule has 3 amide bonds. The Kier molecular flexibility index (Phi) is 4.64. The summed E-state index contributed by atoms with van der Waals surface area (Å²) in [6, 6.07) is 6.29. The normalized spacial score (nSPS) is 11.9. The molecular weight excluding hydrogens is 248 g/mol. The molecule has 1 aromatic carbocycles. The van der Waals surface area contributed by atoms with Gasteiger partial charge in [0.15, 0.2) is 0 Å². The quantitative estimate of drug-likeness (QED) is 0.815. The molecule has 1 atom stereocenters. The molecule has 0 radical (unpaired) electrons. The van der Waals surface area contributed by atoms with Crippen molar-refractivity contribution in [2.75, 3.05) is 0 Å². The van der Waals surface area contributed by atoms with Crippen LogP contribution in [0.25, 0.3) is 0 Å². The second-order valence-electron chi connectivity index (χ2n) is 3.07. The highest BCUT2D eigenvalue weighted by Gasteiger charge is 2.15. The second kappa shape index (κ2) is 5.77. The summed E-state index contributed by atoms with van der Waals surface area (Å²) >= 11 is 7.11. The van der Waals surface area contributed by atoms with Gasteiger partial charge in [0.25, 0.3) is 0 Å². The zero-order valence-electron chi connectivity index (χ0n) is 8.57. The van der Waals surface area contributed by atoms with Gasteiger partial charge in [0.1, 0.15) is 0 Å². The number of thioether (sulfide) groups is 1. The predicted octanol–water partition coefficient (Wildman–Crippen LogP) is 2.02. The van der Waals surface area contributed by atoms with Gasteiger partial charge in [0.05, 0.1) is 5.25 Å². The summed E-state index contributed by atoms with van der Waals surface area (Å²) in [6.45, 7) is 1.68. The van der Waals surface area contributed by atoms with Gasteiger partial charge in [-0.15, -0.1) is 11.8 Å². The molecule has 0 aliphatic carbocycles. The average Bonchev–Trinajstić information content (AvgIpc) is 2.16. The number of carbonyl (C=O) groups is 2. The van der Waals surface area contributed by atoms with E-state index < -0.39 is 17.2 Å². The van der Waals surface area contributed by atoms with Crippen molar-refractivity contribution in [3.63, 3.8) is 0 Å². The minimum atomic E-state index is -0.844. The fourth-order valence-corrected chi connectivity index (χ4v) is 2.20. The highest BCUT2D eigenvalue weighted by molar-refractivity contribution is 8.00. The van der Waals surface area contributed by atoms with Gasteiger partial charge in [0.2, 0.25) is 5.91 Å². The summed E-state index contributed by atoms with van der Waals surface area (Å²) in [6.07, 6.45) is 0. The number of urea groups is 1. The molecule has 0 aromatic heterocycles. The molecule has 6 heteroatoms. The van der Waals surface area contributed by atoms with Crippen LogP contribution in [0.3, 0.4) is 0 Å². The number of nitrogens with two attached hydrogens (primary N) is 1. The van der Waals surface area contributed by atoms with Gasteiger partial charge < -0.3 is 5.73 Å². The van der Waals surface area contributed by atoms with Crippen molar-refractivity contribution in [2.45, 2.75) is 17.1 Å². The van der Waals surface area contributed by atoms with Crippen LogP contribution in [-0.4, -0.2) is 17.2 Å². The Morgan fingerprint density at radius 3 is 2.75 bits per heavy atom. The second-order valence-corrected chi connectivity index (χ2v) is 4.92. The molecular formula is C10H11ClN2O2S. The number of amides is 3. The molecule has 0 saturated carbocycles. The first-order chi connectivity index (χ1) is 7.49. The molecule has 1 aromatic rings. The van der Waals surface area contributed by atoms with Gasteiger partial charge in [0, 0.05) is 9.92 Å². The Morgan fingerprint density at radius 1 is 1.50 bits per heavy atom. The number of benzene rings is 1. The first-order valence-electron chi connectivity index (χ1n) is 4.51. The number of imide groups is 1. The summed E-state index contributed by atoms with van der Waals surface area (Å²) < 4.78 is 0. The van der Waals surface area contributed by atoms with E-state index in [1.165, 1.54) is 11.8 Å². The summed E-state index contributed by atoms with van der Waals surface area (Å²) in [4.78, 5) is 22.7. The van der Waals surface area contributed by atoms with Crippen molar-refractivity contribution in [2.24, 2.45) is 5.73 Å². The Hall–Kier alpha value is -1.20. The van der Waals surface area contributed by atoms with E-state index >= 15 is 0 Å². The lowest BCUT2D eigenvalue weighted by atomic mass is 10.4. The molecule has 86 valence electrons. The number of carbonyl (C=O) groups excluding carboxylic acids is 2. The molecule has 1 unspecified atom stereocenters. The van der Waals surface area contributed by atoms with E-state index in [-0.39, 0.29) is 0 Å². The number of hydrogen-bond donors (Lipinski definition) is 2. The third-order valence-electron chi connectivity index (χ3n) is 1.72. The highest BCUT2D eigenvalue weighted by Crippen LogP contribution is 2.25. The predicted molar refractivity (Wildman–Crippen MR) is 64.5 cm³/mol. The molecule has 0 aliphatic rings. The number of hydrogen-bond acceptors (Lipinski definition) is 3. The van der Waals surface area contributed by atoms with Crippen molar-refractivity contribution in [1.82, 2.24) is 5.32 Å². The fourth-order valence-electron chi connectivity index (χ4n) is 1.02. The van der Waals surface area contributed by atoms with E-state index in [2.05, 4.69) is 0 Å². The summed E-state index contributed by atoms with van der Waals surface area (Å²) in [7, 11) is 0. The summed E-state index contributed by atoms with van der Waals surface area (Å²) in [5, 5.41) is 2.22. The third-order valence-corrected chi connectivity index (χ3v) is 3.05. The maximum Gasteiger partial charge on any atom is 0.318 e. The Morgan fingerprint density at radius 2 is 2.19 bits per heavy atom. The van der Waals surface area contributed by atoms with Crippen molar-refractivity contribution in [3.05, 3.63) is 29.3 Å². The lowest BCUT2D eigenvalue weighted by molar-refractivity contribution is -0.119. The first-order valence-corrected chi connectivity index (χ1v) is 5.77. The van der Waals surface area contributed by atoms with Gasteiger partial charge in [-0.25, -0.2) is 4.79 Å². The van der Waals surface area contributed by atoms with Crippen LogP contribution in [0.2, 0.25) is 5.02 Å². The van der Waals surface area contributed by atoms with E-state index in [1.54, 1.807) is 25.1 Å².